The summed E-state index contributed by atoms with van der Waals surface area (Å²) in [6, 6.07) is 10.9. The highest BCUT2D eigenvalue weighted by Crippen LogP contribution is 2.31. The normalized spacial score (nSPS) is 10.2. The average molecular weight is 399 g/mol. The van der Waals surface area contributed by atoms with Crippen LogP contribution in [-0.4, -0.2) is 13.0 Å². The third-order valence-corrected chi connectivity index (χ3v) is 3.93. The van der Waals surface area contributed by atoms with Gasteiger partial charge in [0, 0.05) is 21.6 Å². The predicted octanol–water partition coefficient (Wildman–Crippen LogP) is 3.90. The van der Waals surface area contributed by atoms with Gasteiger partial charge in [0.2, 0.25) is 0 Å². The Morgan fingerprint density at radius 1 is 1.10 bits per heavy atom. The van der Waals surface area contributed by atoms with Crippen LogP contribution in [0, 0.1) is 0 Å². The van der Waals surface area contributed by atoms with Crippen LogP contribution in [0.25, 0.3) is 0 Å². The van der Waals surface area contributed by atoms with Crippen molar-refractivity contribution in [3.05, 3.63) is 50.9 Å². The smallest absolute Gasteiger partial charge is 0.251 e. The van der Waals surface area contributed by atoms with E-state index in [0.29, 0.717) is 16.9 Å². The molecule has 104 valence electrons. The summed E-state index contributed by atoms with van der Waals surface area (Å²) in [7, 11) is 1.59. The van der Waals surface area contributed by atoms with Crippen LogP contribution in [0.15, 0.2) is 45.3 Å². The summed E-state index contributed by atoms with van der Waals surface area (Å²) in [4.78, 5) is 11.7. The number of hydrogen-bond donors (Lipinski definition) is 3. The first-order chi connectivity index (χ1) is 9.51. The highest BCUT2D eigenvalue weighted by atomic mass is 79.9. The second-order valence-corrected chi connectivity index (χ2v) is 5.90. The van der Waals surface area contributed by atoms with Crippen molar-refractivity contribution in [1.82, 2.24) is 5.32 Å². The molecule has 0 aliphatic carbocycles. The zero-order valence-corrected chi connectivity index (χ0v) is 13.9. The number of hydrogen-bond acceptors (Lipinski definition) is 3. The van der Waals surface area contributed by atoms with Gasteiger partial charge in [-0.05, 0) is 52.3 Å². The summed E-state index contributed by atoms with van der Waals surface area (Å²) in [6.07, 6.45) is 0. The maximum Gasteiger partial charge on any atom is 0.251 e. The molecule has 0 fully saturated rings. The number of carbonyl (C=O) groups excluding carboxylic acids is 1. The van der Waals surface area contributed by atoms with E-state index in [1.54, 1.807) is 25.2 Å². The number of nitrogens with one attached hydrogen (secondary N) is 2. The van der Waals surface area contributed by atoms with Crippen LogP contribution < -0.4 is 16.4 Å². The predicted molar refractivity (Wildman–Crippen MR) is 89.4 cm³/mol. The Bertz CT molecular complexity index is 659. The molecule has 0 aliphatic rings. The minimum atomic E-state index is -0.152. The molecule has 0 heterocycles. The Kier molecular flexibility index (Phi) is 4.67. The third-order valence-electron chi connectivity index (χ3n) is 2.74. The first-order valence-electron chi connectivity index (χ1n) is 5.85. The number of benzene rings is 2. The maximum absolute atomic E-state index is 11.7. The summed E-state index contributed by atoms with van der Waals surface area (Å²) in [5.74, 6) is -0.152. The van der Waals surface area contributed by atoms with Crippen LogP contribution in [0.4, 0.5) is 17.1 Å². The van der Waals surface area contributed by atoms with Gasteiger partial charge in [0.1, 0.15) is 0 Å². The quantitative estimate of drug-likeness (QED) is 0.687. The monoisotopic (exact) mass is 397 g/mol. The van der Waals surface area contributed by atoms with Crippen molar-refractivity contribution in [3.8, 4) is 0 Å². The lowest BCUT2D eigenvalue weighted by molar-refractivity contribution is 0.0963. The molecular formula is C14H13Br2N3O. The van der Waals surface area contributed by atoms with Crippen molar-refractivity contribution in [2.24, 2.45) is 0 Å². The van der Waals surface area contributed by atoms with Crippen molar-refractivity contribution in [3.63, 3.8) is 0 Å². The van der Waals surface area contributed by atoms with E-state index in [2.05, 4.69) is 42.5 Å². The molecule has 2 rings (SSSR count). The number of halogens is 2. The molecule has 0 saturated carbocycles. The Morgan fingerprint density at radius 2 is 1.85 bits per heavy atom. The molecule has 0 aliphatic heterocycles. The summed E-state index contributed by atoms with van der Waals surface area (Å²) >= 11 is 6.89. The number of carbonyl (C=O) groups is 1. The van der Waals surface area contributed by atoms with E-state index < -0.39 is 0 Å². The van der Waals surface area contributed by atoms with Crippen molar-refractivity contribution < 1.29 is 4.79 Å². The van der Waals surface area contributed by atoms with Crippen molar-refractivity contribution in [2.45, 2.75) is 0 Å². The van der Waals surface area contributed by atoms with Gasteiger partial charge in [-0.15, -0.1) is 0 Å². The summed E-state index contributed by atoms with van der Waals surface area (Å²) in [6.45, 7) is 0. The van der Waals surface area contributed by atoms with Crippen LogP contribution >= 0.6 is 31.9 Å². The SMILES string of the molecule is CNC(=O)c1ccc(N)c(Nc2cc(Br)ccc2Br)c1. The van der Waals surface area contributed by atoms with E-state index in [-0.39, 0.29) is 5.91 Å². The minimum absolute atomic E-state index is 0.152. The number of nitrogens with two attached hydrogens (primary N) is 1. The van der Waals surface area contributed by atoms with Gasteiger partial charge in [-0.1, -0.05) is 15.9 Å². The fourth-order valence-electron chi connectivity index (χ4n) is 1.69. The number of anilines is 3. The Morgan fingerprint density at radius 3 is 2.55 bits per heavy atom. The van der Waals surface area contributed by atoms with Crippen LogP contribution in [-0.2, 0) is 0 Å². The Balaban J connectivity index is 2.37. The maximum atomic E-state index is 11.7. The molecule has 0 spiro atoms. The van der Waals surface area contributed by atoms with Crippen LogP contribution in [0.2, 0.25) is 0 Å². The average Bonchev–Trinajstić information content (AvgIpc) is 2.44. The molecule has 20 heavy (non-hydrogen) atoms. The van der Waals surface area contributed by atoms with E-state index in [9.17, 15) is 4.79 Å². The fourth-order valence-corrected chi connectivity index (χ4v) is 2.40. The minimum Gasteiger partial charge on any atom is -0.397 e. The second kappa shape index (κ2) is 6.28. The molecule has 2 aromatic carbocycles. The van der Waals surface area contributed by atoms with E-state index in [1.165, 1.54) is 0 Å². The zero-order valence-electron chi connectivity index (χ0n) is 10.7. The van der Waals surface area contributed by atoms with Crippen LogP contribution in [0.1, 0.15) is 10.4 Å². The van der Waals surface area contributed by atoms with E-state index in [4.69, 9.17) is 5.73 Å². The topological polar surface area (TPSA) is 67.2 Å². The lowest BCUT2D eigenvalue weighted by Crippen LogP contribution is -2.18. The molecular weight excluding hydrogens is 386 g/mol. The van der Waals surface area contributed by atoms with Crippen LogP contribution in [0.5, 0.6) is 0 Å². The molecule has 0 atom stereocenters. The van der Waals surface area contributed by atoms with Gasteiger partial charge in [0.25, 0.3) is 5.91 Å². The van der Waals surface area contributed by atoms with Gasteiger partial charge < -0.3 is 16.4 Å². The Labute approximate surface area is 134 Å². The van der Waals surface area contributed by atoms with Gasteiger partial charge in [-0.2, -0.15) is 0 Å². The molecule has 1 amide bonds. The lowest BCUT2D eigenvalue weighted by atomic mass is 10.1. The van der Waals surface area contributed by atoms with Gasteiger partial charge in [-0.3, -0.25) is 4.79 Å². The van der Waals surface area contributed by atoms with Gasteiger partial charge in [-0.25, -0.2) is 0 Å². The molecule has 0 aromatic heterocycles. The number of rotatable bonds is 3. The molecule has 0 unspecified atom stereocenters. The third kappa shape index (κ3) is 3.32. The van der Waals surface area contributed by atoms with Crippen molar-refractivity contribution in [2.75, 3.05) is 18.1 Å². The lowest BCUT2D eigenvalue weighted by Gasteiger charge is -2.12. The van der Waals surface area contributed by atoms with Gasteiger partial charge in [0.15, 0.2) is 0 Å². The molecule has 0 radical (unpaired) electrons. The highest BCUT2D eigenvalue weighted by Gasteiger charge is 2.08. The zero-order chi connectivity index (χ0) is 14.7. The summed E-state index contributed by atoms with van der Waals surface area (Å²) in [5, 5.41) is 5.81. The Hall–Kier alpha value is -1.53. The summed E-state index contributed by atoms with van der Waals surface area (Å²) in [5.41, 5.74) is 8.62. The number of amides is 1. The van der Waals surface area contributed by atoms with Crippen LogP contribution in [0.3, 0.4) is 0 Å². The first-order valence-corrected chi connectivity index (χ1v) is 7.43. The summed E-state index contributed by atoms with van der Waals surface area (Å²) < 4.78 is 1.86. The largest absolute Gasteiger partial charge is 0.397 e. The molecule has 6 heteroatoms. The molecule has 2 aromatic rings. The van der Waals surface area contributed by atoms with E-state index >= 15 is 0 Å². The van der Waals surface area contributed by atoms with Crippen molar-refractivity contribution in [1.29, 1.82) is 0 Å². The van der Waals surface area contributed by atoms with Gasteiger partial charge in [0.05, 0.1) is 17.1 Å². The van der Waals surface area contributed by atoms with E-state index in [0.717, 1.165) is 14.6 Å². The molecule has 0 bridgehead atoms. The fraction of sp³-hybridized carbons (Fsp3) is 0.0714. The number of nitrogen functional groups attached to an aromatic ring is 1. The standard InChI is InChI=1S/C14H13Br2N3O/c1-18-14(20)8-2-5-11(17)13(6-8)19-12-7-9(15)3-4-10(12)16/h2-7,19H,17H2,1H3,(H,18,20). The second-order valence-electron chi connectivity index (χ2n) is 4.13. The first kappa shape index (κ1) is 14.9. The van der Waals surface area contributed by atoms with Crippen molar-refractivity contribution >= 4 is 54.8 Å². The van der Waals surface area contributed by atoms with E-state index in [1.807, 2.05) is 18.2 Å². The molecule has 4 nitrogen and oxygen atoms in total. The molecule has 0 saturated heterocycles. The van der Waals surface area contributed by atoms with Gasteiger partial charge >= 0.3 is 0 Å². The highest BCUT2D eigenvalue weighted by molar-refractivity contribution is 9.11. The molecule has 4 N–H and O–H groups in total.